The molecule has 0 radical (unpaired) electrons. The minimum absolute atomic E-state index is 0.0407. The first-order valence-corrected chi connectivity index (χ1v) is 11.3. The number of aromatic hydroxyl groups is 1. The van der Waals surface area contributed by atoms with Crippen molar-refractivity contribution in [1.29, 1.82) is 0 Å². The molecule has 0 aliphatic heterocycles. The van der Waals surface area contributed by atoms with Crippen molar-refractivity contribution >= 4 is 28.7 Å². The molecule has 2 aromatic heterocycles. The van der Waals surface area contributed by atoms with Crippen molar-refractivity contribution in [3.63, 3.8) is 0 Å². The topological polar surface area (TPSA) is 118 Å². The predicted octanol–water partition coefficient (Wildman–Crippen LogP) is 6.36. The van der Waals surface area contributed by atoms with Crippen LogP contribution in [0.25, 0.3) is 22.4 Å². The first-order valence-electron chi connectivity index (χ1n) is 11.0. The number of aromatic carboxylic acids is 1. The number of rotatable bonds is 7. The van der Waals surface area contributed by atoms with Gasteiger partial charge in [0.2, 0.25) is 0 Å². The van der Waals surface area contributed by atoms with Gasteiger partial charge in [-0.2, -0.15) is 4.98 Å². The number of nitrogens with zero attached hydrogens (tertiary/aromatic N) is 2. The van der Waals surface area contributed by atoms with Crippen molar-refractivity contribution in [2.45, 2.75) is 13.5 Å². The lowest BCUT2D eigenvalue weighted by molar-refractivity contribution is 0.0695. The Morgan fingerprint density at radius 3 is 2.58 bits per heavy atom. The maximum atomic E-state index is 11.4. The number of nitrogens with one attached hydrogen (secondary N) is 1. The van der Waals surface area contributed by atoms with Crippen molar-refractivity contribution in [2.75, 3.05) is 0 Å². The molecule has 0 saturated heterocycles. The number of aromatic nitrogens is 3. The number of aromatic amines is 1. The highest BCUT2D eigenvalue weighted by Gasteiger charge is 2.15. The lowest BCUT2D eigenvalue weighted by Crippen LogP contribution is -2.00. The molecule has 8 nitrogen and oxygen atoms in total. The summed E-state index contributed by atoms with van der Waals surface area (Å²) in [6, 6.07) is 21.1. The SMILES string of the molecule is Cc1ccc(Oc2nc3nc(-c4ccc(OCc5ccccc5)c(O)c4)c(Cl)cc3[nH]2)cc1C(=O)O. The smallest absolute Gasteiger partial charge is 0.336 e. The van der Waals surface area contributed by atoms with E-state index < -0.39 is 5.97 Å². The van der Waals surface area contributed by atoms with Crippen molar-refractivity contribution in [1.82, 2.24) is 15.0 Å². The van der Waals surface area contributed by atoms with Crippen LogP contribution in [0.2, 0.25) is 5.02 Å². The molecule has 0 bridgehead atoms. The number of carboxylic acids is 1. The molecule has 0 aliphatic carbocycles. The van der Waals surface area contributed by atoms with Gasteiger partial charge in [0.25, 0.3) is 0 Å². The van der Waals surface area contributed by atoms with Gasteiger partial charge in [0.15, 0.2) is 17.1 Å². The van der Waals surface area contributed by atoms with Crippen molar-refractivity contribution in [3.05, 3.63) is 94.5 Å². The number of carbonyl (C=O) groups is 1. The third-order valence-electron chi connectivity index (χ3n) is 5.53. The Morgan fingerprint density at radius 1 is 1.03 bits per heavy atom. The van der Waals surface area contributed by atoms with Crippen LogP contribution in [0.3, 0.4) is 0 Å². The molecule has 36 heavy (non-hydrogen) atoms. The molecule has 0 amide bonds. The molecule has 5 aromatic rings. The highest BCUT2D eigenvalue weighted by molar-refractivity contribution is 6.33. The lowest BCUT2D eigenvalue weighted by atomic mass is 10.1. The molecule has 180 valence electrons. The fourth-order valence-corrected chi connectivity index (χ4v) is 3.94. The molecule has 2 heterocycles. The normalized spacial score (nSPS) is 10.9. The molecule has 0 atom stereocenters. The number of fused-ring (bicyclic) bond motifs is 1. The quantitative estimate of drug-likeness (QED) is 0.237. The molecule has 0 spiro atoms. The number of halogens is 1. The van der Waals surface area contributed by atoms with Crippen LogP contribution in [0.4, 0.5) is 0 Å². The molecule has 0 fully saturated rings. The number of hydrogen-bond acceptors (Lipinski definition) is 6. The van der Waals surface area contributed by atoms with E-state index in [0.29, 0.717) is 51.1 Å². The van der Waals surface area contributed by atoms with Crippen LogP contribution >= 0.6 is 11.6 Å². The van der Waals surface area contributed by atoms with E-state index in [0.717, 1.165) is 5.56 Å². The third kappa shape index (κ3) is 4.80. The summed E-state index contributed by atoms with van der Waals surface area (Å²) >= 11 is 6.48. The fourth-order valence-electron chi connectivity index (χ4n) is 3.68. The van der Waals surface area contributed by atoms with Gasteiger partial charge >= 0.3 is 12.0 Å². The van der Waals surface area contributed by atoms with Crippen LogP contribution in [-0.4, -0.2) is 31.1 Å². The van der Waals surface area contributed by atoms with E-state index in [-0.39, 0.29) is 17.3 Å². The Bertz CT molecular complexity index is 1580. The standard InChI is InChI=1S/C27H20ClN3O5/c1-15-7-9-18(12-19(15)26(33)34)36-27-29-21-13-20(28)24(30-25(21)31-27)17-8-10-23(22(32)11-17)35-14-16-5-3-2-4-6-16/h2-13,32H,14H2,1H3,(H,33,34)(H,29,30,31). The summed E-state index contributed by atoms with van der Waals surface area (Å²) < 4.78 is 11.5. The van der Waals surface area contributed by atoms with Crippen LogP contribution in [-0.2, 0) is 6.61 Å². The van der Waals surface area contributed by atoms with Crippen molar-refractivity contribution in [2.24, 2.45) is 0 Å². The summed E-state index contributed by atoms with van der Waals surface area (Å²) in [6.07, 6.45) is 0. The van der Waals surface area contributed by atoms with Crippen LogP contribution in [0, 0.1) is 6.92 Å². The number of aryl methyl sites for hydroxylation is 1. The first-order chi connectivity index (χ1) is 17.4. The van der Waals surface area contributed by atoms with E-state index in [1.54, 1.807) is 37.3 Å². The largest absolute Gasteiger partial charge is 0.504 e. The minimum Gasteiger partial charge on any atom is -0.504 e. The summed E-state index contributed by atoms with van der Waals surface area (Å²) in [4.78, 5) is 23.3. The summed E-state index contributed by atoms with van der Waals surface area (Å²) in [5.74, 6) is -0.421. The van der Waals surface area contributed by atoms with Gasteiger partial charge in [0, 0.05) is 5.56 Å². The van der Waals surface area contributed by atoms with Crippen LogP contribution in [0.1, 0.15) is 21.5 Å². The summed E-state index contributed by atoms with van der Waals surface area (Å²) in [7, 11) is 0. The zero-order valence-electron chi connectivity index (χ0n) is 19.0. The molecular weight excluding hydrogens is 482 g/mol. The molecule has 9 heteroatoms. The van der Waals surface area contributed by atoms with Gasteiger partial charge in [-0.05, 0) is 54.4 Å². The summed E-state index contributed by atoms with van der Waals surface area (Å²) in [5, 5.41) is 20.2. The second-order valence-electron chi connectivity index (χ2n) is 8.07. The Hall–Kier alpha value is -4.56. The summed E-state index contributed by atoms with van der Waals surface area (Å²) in [5.41, 5.74) is 3.64. The molecule has 0 aliphatic rings. The highest BCUT2D eigenvalue weighted by Crippen LogP contribution is 2.35. The highest BCUT2D eigenvalue weighted by atomic mass is 35.5. The lowest BCUT2D eigenvalue weighted by Gasteiger charge is -2.10. The van der Waals surface area contributed by atoms with E-state index in [1.807, 2.05) is 30.3 Å². The number of benzene rings is 3. The molecular formula is C27H20ClN3O5. The van der Waals surface area contributed by atoms with Crippen molar-refractivity contribution in [3.8, 4) is 34.5 Å². The predicted molar refractivity (Wildman–Crippen MR) is 135 cm³/mol. The molecule has 3 aromatic carbocycles. The van der Waals surface area contributed by atoms with E-state index in [1.165, 1.54) is 12.1 Å². The number of phenols is 1. The first kappa shape index (κ1) is 23.2. The van der Waals surface area contributed by atoms with Crippen LogP contribution in [0.5, 0.6) is 23.3 Å². The van der Waals surface area contributed by atoms with Crippen LogP contribution in [0.15, 0.2) is 72.8 Å². The maximum Gasteiger partial charge on any atom is 0.336 e. The van der Waals surface area contributed by atoms with Gasteiger partial charge in [-0.15, -0.1) is 0 Å². The Labute approximate surface area is 210 Å². The van der Waals surface area contributed by atoms with Gasteiger partial charge in [0.1, 0.15) is 12.4 Å². The Kier molecular flexibility index (Phi) is 6.18. The van der Waals surface area contributed by atoms with E-state index >= 15 is 0 Å². The zero-order chi connectivity index (χ0) is 25.2. The van der Waals surface area contributed by atoms with E-state index in [2.05, 4.69) is 15.0 Å². The Morgan fingerprint density at radius 2 is 1.83 bits per heavy atom. The minimum atomic E-state index is -1.04. The van der Waals surface area contributed by atoms with E-state index in [9.17, 15) is 15.0 Å². The van der Waals surface area contributed by atoms with Crippen LogP contribution < -0.4 is 9.47 Å². The maximum absolute atomic E-state index is 11.4. The third-order valence-corrected chi connectivity index (χ3v) is 5.82. The average Bonchev–Trinajstić information content (AvgIpc) is 3.25. The number of imidazole rings is 1. The molecule has 0 saturated carbocycles. The van der Waals surface area contributed by atoms with Gasteiger partial charge < -0.3 is 24.7 Å². The molecule has 5 rings (SSSR count). The number of hydrogen-bond donors (Lipinski definition) is 3. The number of H-pyrrole nitrogens is 1. The van der Waals surface area contributed by atoms with E-state index in [4.69, 9.17) is 21.1 Å². The second kappa shape index (κ2) is 9.59. The molecule has 0 unspecified atom stereocenters. The monoisotopic (exact) mass is 501 g/mol. The number of phenolic OH excluding ortho intramolecular Hbond substituents is 1. The molecule has 3 N–H and O–H groups in total. The fraction of sp³-hybridized carbons (Fsp3) is 0.0741. The average molecular weight is 502 g/mol. The summed E-state index contributed by atoms with van der Waals surface area (Å²) in [6.45, 7) is 2.03. The van der Waals surface area contributed by atoms with Gasteiger partial charge in [-0.3, -0.25) is 0 Å². The Balaban J connectivity index is 1.39. The number of carboxylic acid groups (broad SMARTS) is 1. The van der Waals surface area contributed by atoms with Crippen molar-refractivity contribution < 1.29 is 24.5 Å². The van der Waals surface area contributed by atoms with Gasteiger partial charge in [-0.1, -0.05) is 48.0 Å². The number of ether oxygens (including phenoxy) is 2. The van der Waals surface area contributed by atoms with Gasteiger partial charge in [-0.25, -0.2) is 9.78 Å². The second-order valence-corrected chi connectivity index (χ2v) is 8.48. The number of pyridine rings is 1. The van der Waals surface area contributed by atoms with Gasteiger partial charge in [0.05, 0.1) is 21.8 Å². The zero-order valence-corrected chi connectivity index (χ0v) is 19.8.